The largest absolute Gasteiger partial charge is 0.472 e. The van der Waals surface area contributed by atoms with Gasteiger partial charge >= 0.3 is 39.5 Å². The zero-order valence-electron chi connectivity index (χ0n) is 62.0. The molecule has 3 N–H and O–H groups in total. The average Bonchev–Trinajstić information content (AvgIpc) is 1.95. The summed E-state index contributed by atoms with van der Waals surface area (Å²) in [6, 6.07) is 0. The third kappa shape index (κ3) is 70.3. The highest BCUT2D eigenvalue weighted by Gasteiger charge is 2.30. The van der Waals surface area contributed by atoms with Crippen molar-refractivity contribution in [1.29, 1.82) is 0 Å². The van der Waals surface area contributed by atoms with Gasteiger partial charge in [0.1, 0.15) is 19.3 Å². The molecule has 2 unspecified atom stereocenters. The maximum atomic E-state index is 13.1. The number of rotatable bonds is 75. The average molecular weight is 1400 g/mol. The van der Waals surface area contributed by atoms with Gasteiger partial charge in [-0.15, -0.1) is 0 Å². The molecular formula is C76H148O17P2. The number of hydrogen-bond donors (Lipinski definition) is 3. The molecule has 0 rings (SSSR count). The number of unbranched alkanes of at least 4 members (excludes halogenated alkanes) is 45. The van der Waals surface area contributed by atoms with Crippen molar-refractivity contribution < 1.29 is 80.2 Å². The van der Waals surface area contributed by atoms with Crippen molar-refractivity contribution in [2.24, 2.45) is 11.8 Å². The molecule has 0 aliphatic heterocycles. The van der Waals surface area contributed by atoms with Gasteiger partial charge in [0.2, 0.25) is 0 Å². The normalized spacial score (nSPS) is 14.0. The van der Waals surface area contributed by atoms with Crippen molar-refractivity contribution >= 4 is 39.5 Å². The van der Waals surface area contributed by atoms with Crippen molar-refractivity contribution in [2.75, 3.05) is 39.6 Å². The van der Waals surface area contributed by atoms with Gasteiger partial charge in [-0.2, -0.15) is 0 Å². The van der Waals surface area contributed by atoms with Crippen molar-refractivity contribution in [3.05, 3.63) is 0 Å². The number of phosphoric acid groups is 2. The molecule has 0 aliphatic carbocycles. The number of aliphatic hydroxyl groups is 1. The van der Waals surface area contributed by atoms with Crippen molar-refractivity contribution in [1.82, 2.24) is 0 Å². The number of carbonyl (C=O) groups is 4. The van der Waals surface area contributed by atoms with Crippen LogP contribution in [-0.2, 0) is 65.4 Å². The van der Waals surface area contributed by atoms with E-state index in [0.717, 1.165) is 102 Å². The molecule has 95 heavy (non-hydrogen) atoms. The fourth-order valence-electron chi connectivity index (χ4n) is 11.7. The first kappa shape index (κ1) is 93.1. The third-order valence-corrected chi connectivity index (χ3v) is 19.6. The lowest BCUT2D eigenvalue weighted by molar-refractivity contribution is -0.161. The molecule has 0 aliphatic rings. The molecule has 5 atom stereocenters. The summed E-state index contributed by atoms with van der Waals surface area (Å²) in [5, 5.41) is 10.6. The first-order valence-electron chi connectivity index (χ1n) is 39.5. The molecule has 0 aromatic rings. The van der Waals surface area contributed by atoms with Gasteiger partial charge in [0.15, 0.2) is 12.2 Å². The second-order valence-corrected chi connectivity index (χ2v) is 31.3. The summed E-state index contributed by atoms with van der Waals surface area (Å²) in [4.78, 5) is 72.8. The molecule has 19 heteroatoms. The molecular weight excluding hydrogens is 1250 g/mol. The van der Waals surface area contributed by atoms with E-state index in [4.69, 9.17) is 37.0 Å². The predicted molar refractivity (Wildman–Crippen MR) is 386 cm³/mol. The van der Waals surface area contributed by atoms with E-state index >= 15 is 0 Å². The molecule has 0 saturated heterocycles. The topological polar surface area (TPSA) is 237 Å². The minimum Gasteiger partial charge on any atom is -0.462 e. The number of carbonyl (C=O) groups excluding carboxylic acids is 4. The first-order valence-corrected chi connectivity index (χ1v) is 42.5. The number of aliphatic hydroxyl groups excluding tert-OH is 1. The van der Waals surface area contributed by atoms with Crippen LogP contribution in [0.1, 0.15) is 395 Å². The Labute approximate surface area is 581 Å². The standard InChI is InChI=1S/C76H148O17P2/c1-7-9-11-13-15-17-19-21-23-24-25-26-28-30-35-41-48-54-60-75(80)92-71(64-86-73(78)58-52-46-40-34-29-27-22-20-18-16-14-12-10-8-2)66-90-94(82,83)88-62-70(77)63-89-95(84,85)91-67-72(65-87-74(79)59-53-47-43-37-39-45-51-57-69(5)6)93-76(81)61-55-49-42-36-32-31-33-38-44-50-56-68(3)4/h68-72,77H,7-67H2,1-6H3,(H,82,83)(H,84,85)/t70-,71-,72-/m1/s1. The van der Waals surface area contributed by atoms with E-state index in [0.29, 0.717) is 31.6 Å². The van der Waals surface area contributed by atoms with Gasteiger partial charge < -0.3 is 33.8 Å². The highest BCUT2D eigenvalue weighted by Crippen LogP contribution is 2.45. The van der Waals surface area contributed by atoms with Crippen LogP contribution in [-0.4, -0.2) is 96.7 Å². The summed E-state index contributed by atoms with van der Waals surface area (Å²) in [7, 11) is -9.91. The Hall–Kier alpha value is -1.94. The molecule has 0 spiro atoms. The second-order valence-electron chi connectivity index (χ2n) is 28.3. The lowest BCUT2D eigenvalue weighted by atomic mass is 10.0. The van der Waals surface area contributed by atoms with Crippen molar-refractivity contribution in [3.8, 4) is 0 Å². The number of esters is 4. The summed E-state index contributed by atoms with van der Waals surface area (Å²) < 4.78 is 68.5. The van der Waals surface area contributed by atoms with Crippen molar-refractivity contribution in [3.63, 3.8) is 0 Å². The zero-order valence-corrected chi connectivity index (χ0v) is 63.8. The molecule has 0 radical (unpaired) electrons. The van der Waals surface area contributed by atoms with E-state index in [1.807, 2.05) is 0 Å². The Morgan fingerprint density at radius 3 is 0.716 bits per heavy atom. The van der Waals surface area contributed by atoms with Crippen molar-refractivity contribution in [2.45, 2.75) is 413 Å². The van der Waals surface area contributed by atoms with E-state index in [2.05, 4.69) is 41.5 Å². The van der Waals surface area contributed by atoms with Gasteiger partial charge in [0.25, 0.3) is 0 Å². The SMILES string of the molecule is CCCCCCCCCCCCCCCCCCCCC(=O)O[C@H](COC(=O)CCCCCCCCCCCCCCCC)COP(=O)(O)OC[C@@H](O)COP(=O)(O)OC[C@@H](COC(=O)CCCCCCCCCC(C)C)OC(=O)CCCCCCCCCCCCC(C)C. The van der Waals surface area contributed by atoms with Gasteiger partial charge in [0.05, 0.1) is 26.4 Å². The van der Waals surface area contributed by atoms with Crippen LogP contribution in [0.15, 0.2) is 0 Å². The van der Waals surface area contributed by atoms with Crippen LogP contribution in [0.3, 0.4) is 0 Å². The maximum absolute atomic E-state index is 13.1. The Bertz CT molecular complexity index is 1840. The van der Waals surface area contributed by atoms with Crippen LogP contribution in [0.2, 0.25) is 0 Å². The third-order valence-electron chi connectivity index (χ3n) is 17.7. The first-order chi connectivity index (χ1) is 45.9. The summed E-state index contributed by atoms with van der Waals surface area (Å²) in [5.74, 6) is -0.659. The summed E-state index contributed by atoms with van der Waals surface area (Å²) in [5.41, 5.74) is 0. The van der Waals surface area contributed by atoms with E-state index in [1.165, 1.54) is 205 Å². The summed E-state index contributed by atoms with van der Waals surface area (Å²) >= 11 is 0. The quantitative estimate of drug-likeness (QED) is 0.0222. The van der Waals surface area contributed by atoms with Crippen LogP contribution in [0, 0.1) is 11.8 Å². The monoisotopic (exact) mass is 1400 g/mol. The molecule has 17 nitrogen and oxygen atoms in total. The fraction of sp³-hybridized carbons (Fsp3) is 0.947. The highest BCUT2D eigenvalue weighted by atomic mass is 31.2. The lowest BCUT2D eigenvalue weighted by Crippen LogP contribution is -2.30. The van der Waals surface area contributed by atoms with E-state index in [1.54, 1.807) is 0 Å². The van der Waals surface area contributed by atoms with Crippen LogP contribution in [0.25, 0.3) is 0 Å². The predicted octanol–water partition coefficient (Wildman–Crippen LogP) is 22.3. The molecule has 564 valence electrons. The number of hydrogen-bond acceptors (Lipinski definition) is 15. The Morgan fingerprint density at radius 2 is 0.484 bits per heavy atom. The van der Waals surface area contributed by atoms with Crippen LogP contribution < -0.4 is 0 Å². The smallest absolute Gasteiger partial charge is 0.462 e. The summed E-state index contributed by atoms with van der Waals surface area (Å²) in [6.45, 7) is 9.53. The van der Waals surface area contributed by atoms with Crippen LogP contribution in [0.5, 0.6) is 0 Å². The Morgan fingerprint density at radius 1 is 0.284 bits per heavy atom. The number of ether oxygens (including phenoxy) is 4. The lowest BCUT2D eigenvalue weighted by Gasteiger charge is -2.21. The fourth-order valence-corrected chi connectivity index (χ4v) is 13.2. The zero-order chi connectivity index (χ0) is 70.0. The molecule has 0 amide bonds. The Kier molecular flexibility index (Phi) is 66.5. The van der Waals surface area contributed by atoms with E-state index < -0.39 is 97.5 Å². The minimum absolute atomic E-state index is 0.105. The maximum Gasteiger partial charge on any atom is 0.472 e. The molecule has 0 aromatic carbocycles. The molecule has 0 aromatic heterocycles. The van der Waals surface area contributed by atoms with Gasteiger partial charge in [0, 0.05) is 25.7 Å². The van der Waals surface area contributed by atoms with E-state index in [9.17, 15) is 43.2 Å². The minimum atomic E-state index is -4.96. The van der Waals surface area contributed by atoms with Gasteiger partial charge in [-0.1, -0.05) is 343 Å². The van der Waals surface area contributed by atoms with Crippen LogP contribution in [0.4, 0.5) is 0 Å². The number of phosphoric ester groups is 2. The molecule has 0 heterocycles. The summed E-state index contributed by atoms with van der Waals surface area (Å²) in [6.07, 6.45) is 55.5. The molecule has 0 fully saturated rings. The van der Waals surface area contributed by atoms with Crippen LogP contribution >= 0.6 is 15.6 Å². The molecule has 0 bridgehead atoms. The van der Waals surface area contributed by atoms with Gasteiger partial charge in [-0.05, 0) is 37.5 Å². The highest BCUT2D eigenvalue weighted by molar-refractivity contribution is 7.47. The van der Waals surface area contributed by atoms with E-state index in [-0.39, 0.29) is 25.7 Å². The second kappa shape index (κ2) is 67.9. The molecule has 0 saturated carbocycles. The van der Waals surface area contributed by atoms with Gasteiger partial charge in [-0.25, -0.2) is 9.13 Å². The van der Waals surface area contributed by atoms with Gasteiger partial charge in [-0.3, -0.25) is 37.3 Å². The Balaban J connectivity index is 5.24.